The maximum atomic E-state index is 11.6. The summed E-state index contributed by atoms with van der Waals surface area (Å²) in [7, 11) is 0. The monoisotopic (exact) mass is 460 g/mol. The molecule has 0 aromatic heterocycles. The highest BCUT2D eigenvalue weighted by atomic mass is 127. The van der Waals surface area contributed by atoms with Crippen molar-refractivity contribution >= 4 is 35.8 Å². The molecule has 0 radical (unpaired) electrons. The lowest BCUT2D eigenvalue weighted by molar-refractivity contribution is -0.122. The molecule has 2 rings (SSSR count). The van der Waals surface area contributed by atoms with Crippen molar-refractivity contribution in [2.45, 2.75) is 32.8 Å². The number of hydrogen-bond donors (Lipinski definition) is 3. The van der Waals surface area contributed by atoms with E-state index in [0.717, 1.165) is 31.1 Å². The van der Waals surface area contributed by atoms with E-state index in [9.17, 15) is 4.79 Å². The molecule has 25 heavy (non-hydrogen) atoms. The third-order valence-electron chi connectivity index (χ3n) is 3.60. The first-order chi connectivity index (χ1) is 11.7. The van der Waals surface area contributed by atoms with Crippen molar-refractivity contribution in [2.75, 3.05) is 26.2 Å². The first-order valence-corrected chi connectivity index (χ1v) is 8.70. The number of amides is 1. The van der Waals surface area contributed by atoms with Crippen LogP contribution in [-0.2, 0) is 4.79 Å². The van der Waals surface area contributed by atoms with E-state index in [0.29, 0.717) is 19.6 Å². The Kier molecular flexibility index (Phi) is 10.3. The molecule has 140 valence electrons. The fourth-order valence-electron chi connectivity index (χ4n) is 2.19. The smallest absolute Gasteiger partial charge is 0.223 e. The zero-order valence-electron chi connectivity index (χ0n) is 15.0. The van der Waals surface area contributed by atoms with E-state index >= 15 is 0 Å². The van der Waals surface area contributed by atoms with Gasteiger partial charge in [0.1, 0.15) is 11.9 Å². The second kappa shape index (κ2) is 11.9. The molecule has 1 saturated carbocycles. The van der Waals surface area contributed by atoms with Crippen molar-refractivity contribution in [2.24, 2.45) is 10.9 Å². The van der Waals surface area contributed by atoms with E-state index in [1.165, 1.54) is 0 Å². The number of hydrogen-bond acceptors (Lipinski definition) is 3. The fourth-order valence-corrected chi connectivity index (χ4v) is 2.19. The van der Waals surface area contributed by atoms with Crippen molar-refractivity contribution in [3.63, 3.8) is 0 Å². The summed E-state index contributed by atoms with van der Waals surface area (Å²) in [4.78, 5) is 16.1. The number of aliphatic imine (C=N–C) groups is 1. The number of nitrogens with zero attached hydrogens (tertiary/aromatic N) is 1. The van der Waals surface area contributed by atoms with Gasteiger partial charge in [0.2, 0.25) is 5.91 Å². The van der Waals surface area contributed by atoms with Gasteiger partial charge in [-0.3, -0.25) is 4.79 Å². The number of nitrogens with one attached hydrogen (secondary N) is 3. The molecule has 0 aliphatic heterocycles. The molecular weight excluding hydrogens is 431 g/mol. The third-order valence-corrected chi connectivity index (χ3v) is 3.60. The molecule has 1 amide bonds. The Morgan fingerprint density at radius 3 is 2.52 bits per heavy atom. The van der Waals surface area contributed by atoms with Crippen LogP contribution in [0.1, 0.15) is 26.7 Å². The summed E-state index contributed by atoms with van der Waals surface area (Å²) in [5.41, 5.74) is 0. The van der Waals surface area contributed by atoms with Crippen molar-refractivity contribution in [3.05, 3.63) is 30.3 Å². The van der Waals surface area contributed by atoms with Crippen LogP contribution in [0.5, 0.6) is 5.75 Å². The Hall–Kier alpha value is -1.51. The van der Waals surface area contributed by atoms with E-state index in [2.05, 4.69) is 20.9 Å². The van der Waals surface area contributed by atoms with Gasteiger partial charge in [0.25, 0.3) is 0 Å². The predicted molar refractivity (Wildman–Crippen MR) is 112 cm³/mol. The van der Waals surface area contributed by atoms with Gasteiger partial charge in [0.15, 0.2) is 5.96 Å². The van der Waals surface area contributed by atoms with Gasteiger partial charge in [-0.2, -0.15) is 0 Å². The highest BCUT2D eigenvalue weighted by Gasteiger charge is 2.28. The summed E-state index contributed by atoms with van der Waals surface area (Å²) >= 11 is 0. The third kappa shape index (κ3) is 8.94. The largest absolute Gasteiger partial charge is 0.489 e. The van der Waals surface area contributed by atoms with E-state index in [4.69, 9.17) is 4.74 Å². The van der Waals surface area contributed by atoms with E-state index in [1.807, 2.05) is 44.2 Å². The number of halogens is 1. The van der Waals surface area contributed by atoms with Crippen LogP contribution in [0, 0.1) is 5.92 Å². The van der Waals surface area contributed by atoms with Crippen LogP contribution in [0.3, 0.4) is 0 Å². The van der Waals surface area contributed by atoms with Gasteiger partial charge >= 0.3 is 0 Å². The van der Waals surface area contributed by atoms with Crippen molar-refractivity contribution < 1.29 is 9.53 Å². The van der Waals surface area contributed by atoms with Crippen LogP contribution in [0.2, 0.25) is 0 Å². The molecule has 1 aromatic carbocycles. The molecular formula is C18H29IN4O2. The lowest BCUT2D eigenvalue weighted by Crippen LogP contribution is -2.42. The molecule has 7 heteroatoms. The highest BCUT2D eigenvalue weighted by Crippen LogP contribution is 2.28. The summed E-state index contributed by atoms with van der Waals surface area (Å²) in [5, 5.41) is 9.35. The first-order valence-electron chi connectivity index (χ1n) is 8.70. The van der Waals surface area contributed by atoms with Gasteiger partial charge in [0.05, 0.1) is 6.54 Å². The Labute approximate surface area is 167 Å². The zero-order valence-corrected chi connectivity index (χ0v) is 17.3. The van der Waals surface area contributed by atoms with Crippen LogP contribution in [-0.4, -0.2) is 44.1 Å². The average Bonchev–Trinajstić information content (AvgIpc) is 3.42. The molecule has 0 bridgehead atoms. The van der Waals surface area contributed by atoms with Crippen molar-refractivity contribution in [1.29, 1.82) is 0 Å². The molecule has 0 spiro atoms. The Balaban J connectivity index is 0.00000312. The number of para-hydroxylation sites is 1. The van der Waals surface area contributed by atoms with Crippen molar-refractivity contribution in [3.8, 4) is 5.75 Å². The predicted octanol–water partition coefficient (Wildman–Crippen LogP) is 2.15. The first kappa shape index (κ1) is 21.5. The standard InChI is InChI=1S/C18H28N4O2.HI/c1-3-19-18(21-12-11-20-17(23)15-9-10-15)22-13-14(2)24-16-7-5-4-6-8-16;/h4-8,14-15H,3,9-13H2,1-2H3,(H,20,23)(H2,19,21,22);1H. The lowest BCUT2D eigenvalue weighted by Gasteiger charge is -2.15. The Bertz CT molecular complexity index is 535. The Morgan fingerprint density at radius 2 is 1.88 bits per heavy atom. The molecule has 0 saturated heterocycles. The average molecular weight is 460 g/mol. The van der Waals surface area contributed by atoms with Crippen LogP contribution < -0.4 is 20.7 Å². The quantitative estimate of drug-likeness (QED) is 0.229. The van der Waals surface area contributed by atoms with Gasteiger partial charge in [-0.15, -0.1) is 24.0 Å². The second-order valence-electron chi connectivity index (χ2n) is 5.95. The molecule has 1 atom stereocenters. The van der Waals surface area contributed by atoms with Crippen LogP contribution in [0.4, 0.5) is 0 Å². The van der Waals surface area contributed by atoms with Gasteiger partial charge in [0, 0.05) is 25.6 Å². The van der Waals surface area contributed by atoms with Gasteiger partial charge < -0.3 is 20.7 Å². The minimum atomic E-state index is -0.0163. The molecule has 3 N–H and O–H groups in total. The lowest BCUT2D eigenvalue weighted by atomic mass is 10.3. The number of carbonyl (C=O) groups is 1. The van der Waals surface area contributed by atoms with Crippen LogP contribution >= 0.6 is 24.0 Å². The number of rotatable bonds is 9. The molecule has 0 heterocycles. The number of benzene rings is 1. The Morgan fingerprint density at radius 1 is 1.20 bits per heavy atom. The van der Waals surface area contributed by atoms with Gasteiger partial charge in [-0.25, -0.2) is 4.99 Å². The summed E-state index contributed by atoms with van der Waals surface area (Å²) in [6, 6.07) is 9.74. The maximum absolute atomic E-state index is 11.6. The minimum absolute atomic E-state index is 0. The number of guanidine groups is 1. The summed E-state index contributed by atoms with van der Waals surface area (Å²) in [6.45, 7) is 6.62. The van der Waals surface area contributed by atoms with E-state index in [-0.39, 0.29) is 41.9 Å². The topological polar surface area (TPSA) is 74.8 Å². The van der Waals surface area contributed by atoms with Gasteiger partial charge in [-0.05, 0) is 38.8 Å². The van der Waals surface area contributed by atoms with Crippen LogP contribution in [0.25, 0.3) is 0 Å². The maximum Gasteiger partial charge on any atom is 0.223 e. The molecule has 1 fully saturated rings. The van der Waals surface area contributed by atoms with Crippen LogP contribution in [0.15, 0.2) is 35.3 Å². The molecule has 6 nitrogen and oxygen atoms in total. The molecule has 1 aromatic rings. The highest BCUT2D eigenvalue weighted by molar-refractivity contribution is 14.0. The molecule has 1 aliphatic rings. The van der Waals surface area contributed by atoms with Crippen molar-refractivity contribution in [1.82, 2.24) is 16.0 Å². The summed E-state index contributed by atoms with van der Waals surface area (Å²) in [6.07, 6.45) is 2.04. The number of ether oxygens (including phenoxy) is 1. The number of carbonyl (C=O) groups excluding carboxylic acids is 1. The molecule has 1 unspecified atom stereocenters. The summed E-state index contributed by atoms with van der Waals surface area (Å²) in [5.74, 6) is 2.01. The normalized spacial score (nSPS) is 14.9. The van der Waals surface area contributed by atoms with E-state index in [1.54, 1.807) is 0 Å². The van der Waals surface area contributed by atoms with E-state index < -0.39 is 0 Å². The molecule has 1 aliphatic carbocycles. The second-order valence-corrected chi connectivity index (χ2v) is 5.95. The SMILES string of the molecule is CCNC(=NCC(C)Oc1ccccc1)NCCNC(=O)C1CC1.I. The zero-order chi connectivity index (χ0) is 17.2. The minimum Gasteiger partial charge on any atom is -0.489 e. The fraction of sp³-hybridized carbons (Fsp3) is 0.556. The summed E-state index contributed by atoms with van der Waals surface area (Å²) < 4.78 is 5.81. The van der Waals surface area contributed by atoms with Gasteiger partial charge in [-0.1, -0.05) is 18.2 Å².